The largest absolute Gasteiger partial charge is 0.489 e. The van der Waals surface area contributed by atoms with Crippen molar-refractivity contribution in [2.24, 2.45) is 5.92 Å². The fourth-order valence-corrected chi connectivity index (χ4v) is 1.49. The molecular formula is C15H21NO4. The molecule has 20 heavy (non-hydrogen) atoms. The van der Waals surface area contributed by atoms with Gasteiger partial charge in [0.25, 0.3) is 0 Å². The van der Waals surface area contributed by atoms with E-state index in [0.717, 1.165) is 11.8 Å². The number of aromatic nitrogens is 1. The molecule has 0 unspecified atom stereocenters. The standard InChI is InChI=1S/C15H21NO4/c1-11(2)10-19-8-9-20-14-6-4-12(3)16-13(14)5-7-15(17)18/h4-7,11H,8-10H2,1-3H3,(H,17,18)/b7-5+. The molecule has 0 amide bonds. The van der Waals surface area contributed by atoms with Crippen molar-refractivity contribution >= 4 is 12.0 Å². The summed E-state index contributed by atoms with van der Waals surface area (Å²) in [5, 5.41) is 8.66. The van der Waals surface area contributed by atoms with Crippen LogP contribution in [0.5, 0.6) is 5.75 Å². The molecule has 0 atom stereocenters. The van der Waals surface area contributed by atoms with E-state index in [1.165, 1.54) is 6.08 Å². The fraction of sp³-hybridized carbons (Fsp3) is 0.467. The van der Waals surface area contributed by atoms with E-state index in [9.17, 15) is 4.79 Å². The Labute approximate surface area is 119 Å². The highest BCUT2D eigenvalue weighted by Crippen LogP contribution is 2.18. The predicted octanol–water partition coefficient (Wildman–Crippen LogP) is 2.54. The number of rotatable bonds is 8. The van der Waals surface area contributed by atoms with E-state index >= 15 is 0 Å². The molecule has 0 spiro atoms. The van der Waals surface area contributed by atoms with E-state index in [1.54, 1.807) is 6.07 Å². The van der Waals surface area contributed by atoms with E-state index < -0.39 is 5.97 Å². The highest BCUT2D eigenvalue weighted by atomic mass is 16.5. The Morgan fingerprint density at radius 2 is 2.15 bits per heavy atom. The van der Waals surface area contributed by atoms with Crippen LogP contribution >= 0.6 is 0 Å². The van der Waals surface area contributed by atoms with E-state index in [4.69, 9.17) is 14.6 Å². The number of carbonyl (C=O) groups is 1. The number of aryl methyl sites for hydroxylation is 1. The molecule has 0 aromatic carbocycles. The van der Waals surface area contributed by atoms with Crippen LogP contribution in [0.3, 0.4) is 0 Å². The van der Waals surface area contributed by atoms with Crippen molar-refractivity contribution in [3.8, 4) is 5.75 Å². The summed E-state index contributed by atoms with van der Waals surface area (Å²) in [6.07, 6.45) is 2.48. The molecule has 0 fully saturated rings. The zero-order chi connectivity index (χ0) is 15.0. The summed E-state index contributed by atoms with van der Waals surface area (Å²) in [6.45, 7) is 7.60. The molecule has 0 radical (unpaired) electrons. The van der Waals surface area contributed by atoms with Crippen LogP contribution in [0.2, 0.25) is 0 Å². The van der Waals surface area contributed by atoms with Gasteiger partial charge < -0.3 is 14.6 Å². The van der Waals surface area contributed by atoms with Crippen molar-refractivity contribution < 1.29 is 19.4 Å². The van der Waals surface area contributed by atoms with Crippen LogP contribution in [0.15, 0.2) is 18.2 Å². The topological polar surface area (TPSA) is 68.7 Å². The Hall–Kier alpha value is -1.88. The van der Waals surface area contributed by atoms with Crippen molar-refractivity contribution in [2.45, 2.75) is 20.8 Å². The summed E-state index contributed by atoms with van der Waals surface area (Å²) in [7, 11) is 0. The number of hydrogen-bond donors (Lipinski definition) is 1. The number of hydrogen-bond acceptors (Lipinski definition) is 4. The second kappa shape index (κ2) is 8.32. The molecule has 1 heterocycles. The van der Waals surface area contributed by atoms with Crippen LogP contribution in [-0.2, 0) is 9.53 Å². The van der Waals surface area contributed by atoms with Crippen LogP contribution < -0.4 is 4.74 Å². The van der Waals surface area contributed by atoms with Crippen molar-refractivity contribution in [2.75, 3.05) is 19.8 Å². The van der Waals surface area contributed by atoms with Gasteiger partial charge in [0, 0.05) is 18.4 Å². The summed E-state index contributed by atoms with van der Waals surface area (Å²) in [4.78, 5) is 14.8. The van der Waals surface area contributed by atoms with Gasteiger partial charge in [-0.2, -0.15) is 0 Å². The third-order valence-corrected chi connectivity index (χ3v) is 2.35. The quantitative estimate of drug-likeness (QED) is 0.585. The second-order valence-corrected chi connectivity index (χ2v) is 4.82. The number of carboxylic acid groups (broad SMARTS) is 1. The van der Waals surface area contributed by atoms with Gasteiger partial charge in [-0.05, 0) is 31.1 Å². The van der Waals surface area contributed by atoms with E-state index in [-0.39, 0.29) is 0 Å². The number of pyridine rings is 1. The summed E-state index contributed by atoms with van der Waals surface area (Å²) < 4.78 is 11.0. The molecule has 0 aliphatic heterocycles. The molecule has 1 aromatic heterocycles. The first-order valence-corrected chi connectivity index (χ1v) is 6.58. The minimum atomic E-state index is -1.01. The number of carboxylic acids is 1. The maximum atomic E-state index is 10.6. The van der Waals surface area contributed by atoms with Crippen molar-refractivity contribution in [1.82, 2.24) is 4.98 Å². The van der Waals surface area contributed by atoms with Crippen molar-refractivity contribution in [3.63, 3.8) is 0 Å². The van der Waals surface area contributed by atoms with E-state index in [2.05, 4.69) is 18.8 Å². The summed E-state index contributed by atoms with van der Waals surface area (Å²) >= 11 is 0. The molecule has 0 aliphatic carbocycles. The Morgan fingerprint density at radius 3 is 2.80 bits per heavy atom. The highest BCUT2D eigenvalue weighted by Gasteiger charge is 2.04. The number of nitrogens with zero attached hydrogens (tertiary/aromatic N) is 1. The SMILES string of the molecule is Cc1ccc(OCCOCC(C)C)c(/C=C/C(=O)O)n1. The first-order chi connectivity index (χ1) is 9.49. The lowest BCUT2D eigenvalue weighted by atomic mass is 10.2. The number of aliphatic carboxylic acids is 1. The maximum Gasteiger partial charge on any atom is 0.328 e. The smallest absolute Gasteiger partial charge is 0.328 e. The van der Waals surface area contributed by atoms with Gasteiger partial charge in [-0.1, -0.05) is 13.8 Å². The van der Waals surface area contributed by atoms with Crippen molar-refractivity contribution in [3.05, 3.63) is 29.6 Å². The second-order valence-electron chi connectivity index (χ2n) is 4.82. The molecule has 1 rings (SSSR count). The minimum Gasteiger partial charge on any atom is -0.489 e. The Balaban J connectivity index is 2.58. The summed E-state index contributed by atoms with van der Waals surface area (Å²) in [5.74, 6) is 0.0332. The minimum absolute atomic E-state index is 0.408. The number of ether oxygens (including phenoxy) is 2. The Bertz CT molecular complexity index is 469. The third kappa shape index (κ3) is 6.33. The molecule has 110 valence electrons. The predicted molar refractivity (Wildman–Crippen MR) is 76.8 cm³/mol. The fourth-order valence-electron chi connectivity index (χ4n) is 1.49. The van der Waals surface area contributed by atoms with Crippen LogP contribution in [-0.4, -0.2) is 35.9 Å². The average Bonchev–Trinajstić information content (AvgIpc) is 2.37. The van der Waals surface area contributed by atoms with Crippen molar-refractivity contribution in [1.29, 1.82) is 0 Å². The summed E-state index contributed by atoms with van der Waals surface area (Å²) in [6, 6.07) is 3.61. The van der Waals surface area contributed by atoms with Gasteiger partial charge in [-0.25, -0.2) is 9.78 Å². The monoisotopic (exact) mass is 279 g/mol. The van der Waals surface area contributed by atoms with Crippen LogP contribution in [0.25, 0.3) is 6.08 Å². The van der Waals surface area contributed by atoms with Gasteiger partial charge in [0.05, 0.1) is 6.61 Å². The van der Waals surface area contributed by atoms with Gasteiger partial charge in [0.2, 0.25) is 0 Å². The molecule has 1 N–H and O–H groups in total. The van der Waals surface area contributed by atoms with Gasteiger partial charge in [-0.15, -0.1) is 0 Å². The lowest BCUT2D eigenvalue weighted by molar-refractivity contribution is -0.131. The van der Waals surface area contributed by atoms with Crippen LogP contribution in [0.1, 0.15) is 25.2 Å². The molecule has 0 bridgehead atoms. The summed E-state index contributed by atoms with van der Waals surface area (Å²) in [5.41, 5.74) is 1.31. The average molecular weight is 279 g/mol. The Kier molecular flexibility index (Phi) is 6.73. The third-order valence-electron chi connectivity index (χ3n) is 2.35. The normalized spacial score (nSPS) is 11.2. The highest BCUT2D eigenvalue weighted by molar-refractivity contribution is 5.85. The zero-order valence-electron chi connectivity index (χ0n) is 12.1. The molecule has 5 heteroatoms. The molecule has 1 aromatic rings. The molecular weight excluding hydrogens is 258 g/mol. The lowest BCUT2D eigenvalue weighted by Gasteiger charge is -2.10. The van der Waals surface area contributed by atoms with E-state index in [0.29, 0.717) is 37.2 Å². The van der Waals surface area contributed by atoms with Crippen LogP contribution in [0, 0.1) is 12.8 Å². The van der Waals surface area contributed by atoms with Gasteiger partial charge >= 0.3 is 5.97 Å². The first kappa shape index (κ1) is 16.2. The van der Waals surface area contributed by atoms with Gasteiger partial charge in [0.15, 0.2) is 0 Å². The van der Waals surface area contributed by atoms with E-state index in [1.807, 2.05) is 13.0 Å². The lowest BCUT2D eigenvalue weighted by Crippen LogP contribution is -2.11. The van der Waals surface area contributed by atoms with Gasteiger partial charge in [0.1, 0.15) is 18.1 Å². The zero-order valence-corrected chi connectivity index (χ0v) is 12.1. The molecule has 5 nitrogen and oxygen atoms in total. The van der Waals surface area contributed by atoms with Gasteiger partial charge in [-0.3, -0.25) is 0 Å². The molecule has 0 saturated carbocycles. The first-order valence-electron chi connectivity index (χ1n) is 6.58. The molecule has 0 saturated heterocycles. The Morgan fingerprint density at radius 1 is 1.40 bits per heavy atom. The maximum absolute atomic E-state index is 10.6. The van der Waals surface area contributed by atoms with Crippen LogP contribution in [0.4, 0.5) is 0 Å². The molecule has 0 aliphatic rings.